The summed E-state index contributed by atoms with van der Waals surface area (Å²) >= 11 is 0. The van der Waals surface area contributed by atoms with E-state index < -0.39 is 11.7 Å². The van der Waals surface area contributed by atoms with Gasteiger partial charge in [-0.15, -0.1) is 0 Å². The van der Waals surface area contributed by atoms with E-state index in [1.54, 1.807) is 17.7 Å². The number of aromatic nitrogens is 2. The van der Waals surface area contributed by atoms with Gasteiger partial charge in [0.15, 0.2) is 0 Å². The molecule has 2 nitrogen and oxygen atoms in total. The van der Waals surface area contributed by atoms with Gasteiger partial charge in [0.2, 0.25) is 0 Å². The molecule has 0 bridgehead atoms. The highest BCUT2D eigenvalue weighted by atomic mass is 19.4. The average Bonchev–Trinajstić information content (AvgIpc) is 2.55. The lowest BCUT2D eigenvalue weighted by molar-refractivity contribution is -0.136. The Labute approximate surface area is 97.1 Å². The van der Waals surface area contributed by atoms with E-state index in [0.717, 1.165) is 6.07 Å². The second-order valence-corrected chi connectivity index (χ2v) is 4.35. The number of hydrogen-bond donors (Lipinski definition) is 0. The molecule has 5 heteroatoms. The number of nitrogens with zero attached hydrogens (tertiary/aromatic N) is 2. The summed E-state index contributed by atoms with van der Waals surface area (Å²) in [7, 11) is 1.74. The Morgan fingerprint density at radius 3 is 2.41 bits per heavy atom. The number of alkyl halides is 3. The summed E-state index contributed by atoms with van der Waals surface area (Å²) in [5.74, 6) is 0.755. The molecule has 2 rings (SSSR count). The summed E-state index contributed by atoms with van der Waals surface area (Å²) in [6, 6.07) is 4.14. The van der Waals surface area contributed by atoms with Crippen molar-refractivity contribution in [1.82, 2.24) is 9.55 Å². The van der Waals surface area contributed by atoms with E-state index in [4.69, 9.17) is 0 Å². The molecule has 0 aliphatic heterocycles. The third-order valence-electron chi connectivity index (χ3n) is 2.77. The largest absolute Gasteiger partial charge is 0.418 e. The molecular weight excluding hydrogens is 229 g/mol. The lowest BCUT2D eigenvalue weighted by Gasteiger charge is -2.06. The first-order valence-electron chi connectivity index (χ1n) is 5.35. The standard InChI is InChI=1S/C12H13F3N2/c1-7(2)11-16-10-8(12(13,14)15)5-4-6-9(10)17(11)3/h4-7H,1-3H3. The average molecular weight is 242 g/mol. The fraction of sp³-hybridized carbons (Fsp3) is 0.417. The summed E-state index contributed by atoms with van der Waals surface area (Å²) in [6.45, 7) is 3.82. The summed E-state index contributed by atoms with van der Waals surface area (Å²) in [6.07, 6.45) is -4.36. The van der Waals surface area contributed by atoms with Gasteiger partial charge < -0.3 is 4.57 Å². The Morgan fingerprint density at radius 1 is 1.24 bits per heavy atom. The van der Waals surface area contributed by atoms with Gasteiger partial charge in [-0.2, -0.15) is 13.2 Å². The third kappa shape index (κ3) is 1.90. The number of aryl methyl sites for hydroxylation is 1. The number of para-hydroxylation sites is 1. The Hall–Kier alpha value is -1.52. The highest BCUT2D eigenvalue weighted by molar-refractivity contribution is 5.80. The van der Waals surface area contributed by atoms with Crippen molar-refractivity contribution in [2.24, 2.45) is 7.05 Å². The third-order valence-corrected chi connectivity index (χ3v) is 2.77. The number of hydrogen-bond acceptors (Lipinski definition) is 1. The van der Waals surface area contributed by atoms with Crippen LogP contribution in [-0.2, 0) is 13.2 Å². The molecule has 17 heavy (non-hydrogen) atoms. The van der Waals surface area contributed by atoms with E-state index in [1.807, 2.05) is 13.8 Å². The minimum absolute atomic E-state index is 0.0335. The van der Waals surface area contributed by atoms with E-state index in [0.29, 0.717) is 11.3 Å². The van der Waals surface area contributed by atoms with Crippen LogP contribution in [0.1, 0.15) is 31.2 Å². The zero-order chi connectivity index (χ0) is 12.8. The molecule has 0 unspecified atom stereocenters. The van der Waals surface area contributed by atoms with E-state index in [2.05, 4.69) is 4.98 Å². The Bertz CT molecular complexity index is 553. The molecule has 0 radical (unpaired) electrons. The molecule has 1 aromatic carbocycles. The maximum Gasteiger partial charge on any atom is 0.418 e. The zero-order valence-electron chi connectivity index (χ0n) is 9.84. The zero-order valence-corrected chi connectivity index (χ0v) is 9.84. The van der Waals surface area contributed by atoms with Gasteiger partial charge in [-0.05, 0) is 12.1 Å². The smallest absolute Gasteiger partial charge is 0.331 e. The van der Waals surface area contributed by atoms with Crippen molar-refractivity contribution >= 4 is 11.0 Å². The topological polar surface area (TPSA) is 17.8 Å². The molecule has 92 valence electrons. The fourth-order valence-electron chi connectivity index (χ4n) is 1.98. The number of fused-ring (bicyclic) bond motifs is 1. The Kier molecular flexibility index (Phi) is 2.64. The van der Waals surface area contributed by atoms with Gasteiger partial charge in [0, 0.05) is 13.0 Å². The first kappa shape index (κ1) is 12.0. The summed E-state index contributed by atoms with van der Waals surface area (Å²) in [4.78, 5) is 4.12. The SMILES string of the molecule is CC(C)c1nc2c(C(F)(F)F)cccc2n1C. The molecular formula is C12H13F3N2. The van der Waals surface area contributed by atoms with Gasteiger partial charge in [0.05, 0.1) is 11.1 Å². The lowest BCUT2D eigenvalue weighted by Crippen LogP contribution is -2.05. The van der Waals surface area contributed by atoms with Gasteiger partial charge >= 0.3 is 6.18 Å². The van der Waals surface area contributed by atoms with Crippen LogP contribution in [0.4, 0.5) is 13.2 Å². The van der Waals surface area contributed by atoms with Crippen LogP contribution in [0.3, 0.4) is 0 Å². The van der Waals surface area contributed by atoms with Crippen LogP contribution >= 0.6 is 0 Å². The maximum atomic E-state index is 12.8. The molecule has 1 heterocycles. The lowest BCUT2D eigenvalue weighted by atomic mass is 10.2. The second kappa shape index (κ2) is 3.75. The van der Waals surface area contributed by atoms with Gasteiger partial charge in [-0.3, -0.25) is 0 Å². The van der Waals surface area contributed by atoms with Crippen molar-refractivity contribution in [2.75, 3.05) is 0 Å². The minimum Gasteiger partial charge on any atom is -0.331 e. The summed E-state index contributed by atoms with van der Waals surface area (Å²) in [5, 5.41) is 0. The van der Waals surface area contributed by atoms with Crippen molar-refractivity contribution in [2.45, 2.75) is 25.9 Å². The highest BCUT2D eigenvalue weighted by Crippen LogP contribution is 2.35. The molecule has 0 fully saturated rings. The molecule has 0 saturated heterocycles. The molecule has 0 aliphatic rings. The normalized spacial score (nSPS) is 12.6. The van der Waals surface area contributed by atoms with E-state index in [9.17, 15) is 13.2 Å². The molecule has 2 aromatic rings. The fourth-order valence-corrected chi connectivity index (χ4v) is 1.98. The van der Waals surface area contributed by atoms with Crippen LogP contribution in [0.5, 0.6) is 0 Å². The van der Waals surface area contributed by atoms with Crippen molar-refractivity contribution < 1.29 is 13.2 Å². The number of imidazole rings is 1. The quantitative estimate of drug-likeness (QED) is 0.745. The number of rotatable bonds is 1. The van der Waals surface area contributed by atoms with Gasteiger partial charge in [0.1, 0.15) is 11.3 Å². The minimum atomic E-state index is -4.36. The van der Waals surface area contributed by atoms with Crippen LogP contribution in [-0.4, -0.2) is 9.55 Å². The maximum absolute atomic E-state index is 12.8. The monoisotopic (exact) mass is 242 g/mol. The molecule has 0 atom stereocenters. The van der Waals surface area contributed by atoms with E-state index >= 15 is 0 Å². The Morgan fingerprint density at radius 2 is 1.88 bits per heavy atom. The van der Waals surface area contributed by atoms with E-state index in [-0.39, 0.29) is 11.4 Å². The van der Waals surface area contributed by atoms with Crippen LogP contribution in [0.25, 0.3) is 11.0 Å². The summed E-state index contributed by atoms with van der Waals surface area (Å²) in [5.41, 5.74) is -0.118. The second-order valence-electron chi connectivity index (χ2n) is 4.35. The molecule has 0 spiro atoms. The van der Waals surface area contributed by atoms with Crippen molar-refractivity contribution in [3.05, 3.63) is 29.6 Å². The molecule has 1 aromatic heterocycles. The predicted molar refractivity (Wildman–Crippen MR) is 59.8 cm³/mol. The number of halogens is 3. The van der Waals surface area contributed by atoms with Crippen molar-refractivity contribution in [3.63, 3.8) is 0 Å². The van der Waals surface area contributed by atoms with Crippen LogP contribution in [0.2, 0.25) is 0 Å². The van der Waals surface area contributed by atoms with Crippen molar-refractivity contribution in [1.29, 1.82) is 0 Å². The highest BCUT2D eigenvalue weighted by Gasteiger charge is 2.34. The molecule has 0 N–H and O–H groups in total. The van der Waals surface area contributed by atoms with Crippen LogP contribution in [0.15, 0.2) is 18.2 Å². The predicted octanol–water partition coefficient (Wildman–Crippen LogP) is 3.72. The molecule has 0 saturated carbocycles. The molecule has 0 aliphatic carbocycles. The van der Waals surface area contributed by atoms with Gasteiger partial charge in [0.25, 0.3) is 0 Å². The van der Waals surface area contributed by atoms with Gasteiger partial charge in [-0.25, -0.2) is 4.98 Å². The first-order chi connectivity index (χ1) is 7.82. The van der Waals surface area contributed by atoms with E-state index in [1.165, 1.54) is 6.07 Å². The summed E-state index contributed by atoms with van der Waals surface area (Å²) < 4.78 is 40.1. The molecule has 0 amide bonds. The van der Waals surface area contributed by atoms with Gasteiger partial charge in [-0.1, -0.05) is 19.9 Å². The van der Waals surface area contributed by atoms with Crippen molar-refractivity contribution in [3.8, 4) is 0 Å². The van der Waals surface area contributed by atoms with Crippen LogP contribution < -0.4 is 0 Å². The first-order valence-corrected chi connectivity index (χ1v) is 5.35. The number of benzene rings is 1. The van der Waals surface area contributed by atoms with Crippen LogP contribution in [0, 0.1) is 0 Å². The Balaban J connectivity index is 2.78.